The third-order valence-corrected chi connectivity index (χ3v) is 2.37. The molecule has 0 aromatic rings. The monoisotopic (exact) mass is 182 g/mol. The number of rotatable bonds is 3. The Balaban J connectivity index is 2.16. The first-order valence-corrected chi connectivity index (χ1v) is 4.81. The van der Waals surface area contributed by atoms with Crippen molar-refractivity contribution < 1.29 is 4.79 Å². The number of allylic oxidation sites excluding steroid dienone is 1. The Labute approximate surface area is 79.8 Å². The predicted octanol–water partition coefficient (Wildman–Crippen LogP) is 0.630. The molecule has 3 nitrogen and oxygen atoms in total. The van der Waals surface area contributed by atoms with Gasteiger partial charge in [0.15, 0.2) is 0 Å². The van der Waals surface area contributed by atoms with Crippen LogP contribution < -0.4 is 5.32 Å². The summed E-state index contributed by atoms with van der Waals surface area (Å²) in [6.45, 7) is 4.93. The highest BCUT2D eigenvalue weighted by molar-refractivity contribution is 5.87. The fourth-order valence-electron chi connectivity index (χ4n) is 1.65. The highest BCUT2D eigenvalue weighted by Crippen LogP contribution is 2.12. The summed E-state index contributed by atoms with van der Waals surface area (Å²) in [6, 6.07) is 0. The Hall–Kier alpha value is -0.830. The zero-order valence-electron chi connectivity index (χ0n) is 8.42. The van der Waals surface area contributed by atoms with E-state index in [-0.39, 0.29) is 5.91 Å². The van der Waals surface area contributed by atoms with Gasteiger partial charge >= 0.3 is 0 Å². The van der Waals surface area contributed by atoms with E-state index in [1.807, 2.05) is 6.92 Å². The molecule has 0 bridgehead atoms. The molecule has 74 valence electrons. The van der Waals surface area contributed by atoms with Crippen LogP contribution in [0, 0.1) is 5.92 Å². The van der Waals surface area contributed by atoms with E-state index in [9.17, 15) is 4.79 Å². The lowest BCUT2D eigenvalue weighted by atomic mass is 10.1. The van der Waals surface area contributed by atoms with Crippen LogP contribution in [0.4, 0.5) is 0 Å². The number of nitrogens with one attached hydrogen (secondary N) is 1. The second-order valence-corrected chi connectivity index (χ2v) is 3.66. The minimum Gasteiger partial charge on any atom is -0.352 e. The third kappa shape index (κ3) is 3.59. The lowest BCUT2D eigenvalue weighted by molar-refractivity contribution is -0.116. The predicted molar refractivity (Wildman–Crippen MR) is 53.4 cm³/mol. The van der Waals surface area contributed by atoms with Crippen molar-refractivity contribution in [2.75, 3.05) is 26.7 Å². The second kappa shape index (κ2) is 5.02. The fraction of sp³-hybridized carbons (Fsp3) is 0.700. The maximum Gasteiger partial charge on any atom is 0.243 e. The maximum atomic E-state index is 11.1. The summed E-state index contributed by atoms with van der Waals surface area (Å²) in [5.41, 5.74) is 0. The Morgan fingerprint density at radius 3 is 3.00 bits per heavy atom. The van der Waals surface area contributed by atoms with Gasteiger partial charge in [0.05, 0.1) is 0 Å². The molecule has 1 amide bonds. The number of likely N-dealkylation sites (tertiary alicyclic amines) is 1. The summed E-state index contributed by atoms with van der Waals surface area (Å²) < 4.78 is 0. The van der Waals surface area contributed by atoms with Gasteiger partial charge in [-0.3, -0.25) is 4.79 Å². The topological polar surface area (TPSA) is 32.3 Å². The average molecular weight is 182 g/mol. The summed E-state index contributed by atoms with van der Waals surface area (Å²) in [4.78, 5) is 13.4. The van der Waals surface area contributed by atoms with Crippen LogP contribution in [0.5, 0.6) is 0 Å². The first-order valence-electron chi connectivity index (χ1n) is 4.81. The van der Waals surface area contributed by atoms with E-state index >= 15 is 0 Å². The second-order valence-electron chi connectivity index (χ2n) is 3.66. The smallest absolute Gasteiger partial charge is 0.243 e. The Morgan fingerprint density at radius 1 is 1.69 bits per heavy atom. The summed E-state index contributed by atoms with van der Waals surface area (Å²) in [6.07, 6.45) is 4.53. The number of nitrogens with zero attached hydrogens (tertiary/aromatic N) is 1. The van der Waals surface area contributed by atoms with Crippen molar-refractivity contribution >= 4 is 5.91 Å². The minimum atomic E-state index is 0.0250. The Kier molecular flexibility index (Phi) is 3.96. The molecule has 1 aliphatic heterocycles. The van der Waals surface area contributed by atoms with Gasteiger partial charge in [0, 0.05) is 13.1 Å². The van der Waals surface area contributed by atoms with Crippen molar-refractivity contribution in [1.82, 2.24) is 10.2 Å². The van der Waals surface area contributed by atoms with Gasteiger partial charge in [-0.1, -0.05) is 6.08 Å². The molecule has 0 spiro atoms. The van der Waals surface area contributed by atoms with Crippen LogP contribution in [-0.4, -0.2) is 37.5 Å². The summed E-state index contributed by atoms with van der Waals surface area (Å²) in [7, 11) is 2.12. The third-order valence-electron chi connectivity index (χ3n) is 2.37. The largest absolute Gasteiger partial charge is 0.352 e. The van der Waals surface area contributed by atoms with E-state index in [2.05, 4.69) is 17.3 Å². The highest BCUT2D eigenvalue weighted by atomic mass is 16.1. The molecule has 1 rings (SSSR count). The molecule has 1 heterocycles. The molecule has 1 fully saturated rings. The van der Waals surface area contributed by atoms with Crippen LogP contribution in [-0.2, 0) is 4.79 Å². The molecule has 1 N–H and O–H groups in total. The molecule has 0 saturated carbocycles. The molecular formula is C10H18N2O. The Bertz CT molecular complexity index is 201. The van der Waals surface area contributed by atoms with Crippen LogP contribution in [0.3, 0.4) is 0 Å². The first kappa shape index (κ1) is 10.3. The molecule has 13 heavy (non-hydrogen) atoms. The first-order chi connectivity index (χ1) is 6.22. The number of carbonyl (C=O) groups is 1. The molecule has 0 radical (unpaired) electrons. The number of amides is 1. The SMILES string of the molecule is C/C=C/C(=O)NCC1CCN(C)C1. The molecular weight excluding hydrogens is 164 g/mol. The molecule has 0 aliphatic carbocycles. The molecule has 0 aromatic carbocycles. The van der Waals surface area contributed by atoms with Crippen LogP contribution in [0.1, 0.15) is 13.3 Å². The van der Waals surface area contributed by atoms with Crippen molar-refractivity contribution in [2.45, 2.75) is 13.3 Å². The van der Waals surface area contributed by atoms with Gasteiger partial charge in [0.1, 0.15) is 0 Å². The molecule has 1 atom stereocenters. The van der Waals surface area contributed by atoms with Crippen LogP contribution in [0.15, 0.2) is 12.2 Å². The van der Waals surface area contributed by atoms with Gasteiger partial charge in [-0.15, -0.1) is 0 Å². The van der Waals surface area contributed by atoms with Gasteiger partial charge in [0.2, 0.25) is 5.91 Å². The fourth-order valence-corrected chi connectivity index (χ4v) is 1.65. The van der Waals surface area contributed by atoms with Gasteiger partial charge in [-0.05, 0) is 38.9 Å². The van der Waals surface area contributed by atoms with E-state index in [1.165, 1.54) is 6.42 Å². The van der Waals surface area contributed by atoms with E-state index in [0.717, 1.165) is 19.6 Å². The van der Waals surface area contributed by atoms with Crippen molar-refractivity contribution in [3.8, 4) is 0 Å². The molecule has 3 heteroatoms. The number of hydrogen-bond donors (Lipinski definition) is 1. The van der Waals surface area contributed by atoms with Crippen molar-refractivity contribution in [3.05, 3.63) is 12.2 Å². The highest BCUT2D eigenvalue weighted by Gasteiger charge is 2.19. The zero-order valence-corrected chi connectivity index (χ0v) is 8.42. The molecule has 1 saturated heterocycles. The van der Waals surface area contributed by atoms with E-state index < -0.39 is 0 Å². The number of carbonyl (C=O) groups excluding carboxylic acids is 1. The van der Waals surface area contributed by atoms with Crippen molar-refractivity contribution in [3.63, 3.8) is 0 Å². The van der Waals surface area contributed by atoms with Crippen LogP contribution >= 0.6 is 0 Å². The zero-order chi connectivity index (χ0) is 9.68. The lowest BCUT2D eigenvalue weighted by Gasteiger charge is -2.10. The van der Waals surface area contributed by atoms with Crippen molar-refractivity contribution in [2.24, 2.45) is 5.92 Å². The van der Waals surface area contributed by atoms with Crippen molar-refractivity contribution in [1.29, 1.82) is 0 Å². The molecule has 1 unspecified atom stereocenters. The maximum absolute atomic E-state index is 11.1. The van der Waals surface area contributed by atoms with E-state index in [0.29, 0.717) is 5.92 Å². The Morgan fingerprint density at radius 2 is 2.46 bits per heavy atom. The van der Waals surface area contributed by atoms with Gasteiger partial charge < -0.3 is 10.2 Å². The van der Waals surface area contributed by atoms with Gasteiger partial charge in [-0.25, -0.2) is 0 Å². The number of hydrogen-bond acceptors (Lipinski definition) is 2. The quantitative estimate of drug-likeness (QED) is 0.649. The summed E-state index contributed by atoms with van der Waals surface area (Å²) in [5, 5.41) is 2.89. The summed E-state index contributed by atoms with van der Waals surface area (Å²) in [5.74, 6) is 0.663. The molecule has 0 aromatic heterocycles. The normalized spacial score (nSPS) is 24.0. The average Bonchev–Trinajstić information content (AvgIpc) is 2.49. The summed E-state index contributed by atoms with van der Waals surface area (Å²) >= 11 is 0. The molecule has 1 aliphatic rings. The van der Waals surface area contributed by atoms with E-state index in [1.54, 1.807) is 12.2 Å². The van der Waals surface area contributed by atoms with E-state index in [4.69, 9.17) is 0 Å². The van der Waals surface area contributed by atoms with Gasteiger partial charge in [-0.2, -0.15) is 0 Å². The van der Waals surface area contributed by atoms with Crippen LogP contribution in [0.25, 0.3) is 0 Å². The lowest BCUT2D eigenvalue weighted by Crippen LogP contribution is -2.29. The standard InChI is InChI=1S/C10H18N2O/c1-3-4-10(13)11-7-9-5-6-12(2)8-9/h3-4,9H,5-8H2,1-2H3,(H,11,13)/b4-3+. The van der Waals surface area contributed by atoms with Crippen LogP contribution in [0.2, 0.25) is 0 Å². The van der Waals surface area contributed by atoms with Gasteiger partial charge in [0.25, 0.3) is 0 Å². The minimum absolute atomic E-state index is 0.0250.